The summed E-state index contributed by atoms with van der Waals surface area (Å²) in [6, 6.07) is -0.835. The molecule has 0 aromatic heterocycles. The van der Waals surface area contributed by atoms with Gasteiger partial charge in [0.25, 0.3) is 0 Å². The van der Waals surface area contributed by atoms with Gasteiger partial charge in [0.05, 0.1) is 25.4 Å². The minimum Gasteiger partial charge on any atom is -0.394 e. The van der Waals surface area contributed by atoms with Crippen LogP contribution in [0.4, 0.5) is 0 Å². The van der Waals surface area contributed by atoms with Crippen LogP contribution in [0.15, 0.2) is 146 Å². The van der Waals surface area contributed by atoms with Gasteiger partial charge in [-0.05, 0) is 110 Å². The fourth-order valence-corrected chi connectivity index (χ4v) is 8.01. The summed E-state index contributed by atoms with van der Waals surface area (Å²) in [6.45, 7) is 3.38. The third-order valence-corrected chi connectivity index (χ3v) is 12.5. The van der Waals surface area contributed by atoms with Gasteiger partial charge in [-0.25, -0.2) is 0 Å². The van der Waals surface area contributed by atoms with E-state index in [4.69, 9.17) is 9.47 Å². The van der Waals surface area contributed by atoms with E-state index in [-0.39, 0.29) is 12.5 Å². The van der Waals surface area contributed by atoms with E-state index in [9.17, 15) is 30.3 Å². The van der Waals surface area contributed by atoms with Crippen molar-refractivity contribution < 1.29 is 39.8 Å². The first-order chi connectivity index (χ1) is 35.8. The molecule has 1 amide bonds. The number of carbonyl (C=O) groups excluding carboxylic acids is 1. The molecule has 9 nitrogen and oxygen atoms in total. The highest BCUT2D eigenvalue weighted by Gasteiger charge is 2.44. The maximum Gasteiger partial charge on any atom is 0.220 e. The van der Waals surface area contributed by atoms with Crippen molar-refractivity contribution in [2.24, 2.45) is 0 Å². The van der Waals surface area contributed by atoms with Gasteiger partial charge in [-0.2, -0.15) is 0 Å². The molecule has 9 heteroatoms. The Morgan fingerprint density at radius 1 is 0.493 bits per heavy atom. The molecule has 1 aliphatic rings. The Morgan fingerprint density at radius 3 is 1.32 bits per heavy atom. The quantitative estimate of drug-likeness (QED) is 0.0261. The first-order valence-corrected chi connectivity index (χ1v) is 28.5. The van der Waals surface area contributed by atoms with Crippen molar-refractivity contribution >= 4 is 5.91 Å². The van der Waals surface area contributed by atoms with Gasteiger partial charge in [-0.15, -0.1) is 0 Å². The molecule has 412 valence electrons. The van der Waals surface area contributed by atoms with E-state index < -0.39 is 49.5 Å². The smallest absolute Gasteiger partial charge is 0.220 e. The number of amides is 1. The van der Waals surface area contributed by atoms with Gasteiger partial charge in [-0.3, -0.25) is 4.79 Å². The summed E-state index contributed by atoms with van der Waals surface area (Å²) in [4.78, 5) is 13.0. The van der Waals surface area contributed by atoms with E-state index in [0.29, 0.717) is 6.42 Å². The van der Waals surface area contributed by atoms with Crippen LogP contribution in [0.1, 0.15) is 194 Å². The molecule has 1 rings (SSSR count). The number of aliphatic hydroxyl groups is 5. The second kappa shape index (κ2) is 51.6. The van der Waals surface area contributed by atoms with Gasteiger partial charge in [-0.1, -0.05) is 223 Å². The molecule has 0 aliphatic carbocycles. The van der Waals surface area contributed by atoms with Gasteiger partial charge < -0.3 is 40.3 Å². The summed E-state index contributed by atoms with van der Waals surface area (Å²) < 4.78 is 11.2. The molecule has 0 spiro atoms. The molecular formula is C64H103NO8. The molecule has 0 saturated carbocycles. The van der Waals surface area contributed by atoms with E-state index in [1.807, 2.05) is 19.1 Å². The lowest BCUT2D eigenvalue weighted by Gasteiger charge is -2.40. The molecule has 7 unspecified atom stereocenters. The Bertz CT molecular complexity index is 1650. The molecular weight excluding hydrogens is 911 g/mol. The van der Waals surface area contributed by atoms with Crippen LogP contribution in [0.5, 0.6) is 0 Å². The van der Waals surface area contributed by atoms with Crippen LogP contribution >= 0.6 is 0 Å². The van der Waals surface area contributed by atoms with Gasteiger partial charge >= 0.3 is 0 Å². The summed E-state index contributed by atoms with van der Waals surface area (Å²) in [5, 5.41) is 54.1. The Kier molecular flexibility index (Phi) is 47.4. The van der Waals surface area contributed by atoms with E-state index in [0.717, 1.165) is 109 Å². The fraction of sp³-hybridized carbons (Fsp3) is 0.609. The number of hydrogen-bond donors (Lipinski definition) is 6. The predicted molar refractivity (Wildman–Crippen MR) is 308 cm³/mol. The van der Waals surface area contributed by atoms with E-state index in [1.54, 1.807) is 6.08 Å². The van der Waals surface area contributed by atoms with Gasteiger partial charge in [0.15, 0.2) is 6.29 Å². The average Bonchev–Trinajstić information content (AvgIpc) is 3.39. The Hall–Kier alpha value is -3.93. The number of unbranched alkanes of at least 4 members (excludes halogenated alkanes) is 15. The van der Waals surface area contributed by atoms with Gasteiger partial charge in [0.2, 0.25) is 5.91 Å². The minimum absolute atomic E-state index is 0.202. The maximum atomic E-state index is 13.0. The van der Waals surface area contributed by atoms with Gasteiger partial charge in [0, 0.05) is 6.42 Å². The molecule has 1 aliphatic heterocycles. The van der Waals surface area contributed by atoms with Crippen LogP contribution in [-0.2, 0) is 14.3 Å². The normalized spacial score (nSPS) is 20.2. The predicted octanol–water partition coefficient (Wildman–Crippen LogP) is 14.3. The monoisotopic (exact) mass is 1010 g/mol. The zero-order valence-electron chi connectivity index (χ0n) is 45.6. The van der Waals surface area contributed by atoms with Crippen molar-refractivity contribution in [2.75, 3.05) is 13.2 Å². The molecule has 0 bridgehead atoms. The van der Waals surface area contributed by atoms with Crippen molar-refractivity contribution in [1.29, 1.82) is 0 Å². The lowest BCUT2D eigenvalue weighted by Crippen LogP contribution is -2.60. The van der Waals surface area contributed by atoms with Crippen LogP contribution in [0.3, 0.4) is 0 Å². The van der Waals surface area contributed by atoms with E-state index in [2.05, 4.69) is 140 Å². The van der Waals surface area contributed by atoms with Crippen LogP contribution in [0.25, 0.3) is 0 Å². The molecule has 7 atom stereocenters. The lowest BCUT2D eigenvalue weighted by molar-refractivity contribution is -0.302. The number of nitrogens with one attached hydrogen (secondary N) is 1. The maximum absolute atomic E-state index is 13.0. The molecule has 6 N–H and O–H groups in total. The number of carbonyl (C=O) groups is 1. The fourth-order valence-electron chi connectivity index (χ4n) is 8.01. The third kappa shape index (κ3) is 41.1. The molecule has 0 aromatic rings. The number of allylic oxidation sites excluding steroid dienone is 23. The first-order valence-electron chi connectivity index (χ1n) is 28.5. The van der Waals surface area contributed by atoms with Gasteiger partial charge in [0.1, 0.15) is 24.4 Å². The zero-order valence-corrected chi connectivity index (χ0v) is 45.6. The van der Waals surface area contributed by atoms with Crippen molar-refractivity contribution in [1.82, 2.24) is 5.32 Å². The summed E-state index contributed by atoms with van der Waals surface area (Å²) in [6.07, 6.45) is 73.9. The molecule has 73 heavy (non-hydrogen) atoms. The molecule has 0 radical (unpaired) electrons. The van der Waals surface area contributed by atoms with Crippen LogP contribution in [0, 0.1) is 0 Å². The summed E-state index contributed by atoms with van der Waals surface area (Å²) in [5.41, 5.74) is 0. The van der Waals surface area contributed by atoms with Crippen molar-refractivity contribution in [3.8, 4) is 0 Å². The zero-order chi connectivity index (χ0) is 52.9. The third-order valence-electron chi connectivity index (χ3n) is 12.5. The summed E-state index contributed by atoms with van der Waals surface area (Å²) >= 11 is 0. The highest BCUT2D eigenvalue weighted by atomic mass is 16.7. The highest BCUT2D eigenvalue weighted by molar-refractivity contribution is 5.76. The first kappa shape index (κ1) is 67.1. The number of rotatable bonds is 46. The van der Waals surface area contributed by atoms with Crippen LogP contribution in [-0.4, -0.2) is 87.5 Å². The number of hydrogen-bond acceptors (Lipinski definition) is 8. The second-order valence-corrected chi connectivity index (χ2v) is 19.0. The molecule has 1 heterocycles. The van der Waals surface area contributed by atoms with Crippen molar-refractivity contribution in [2.45, 2.75) is 236 Å². The van der Waals surface area contributed by atoms with Crippen molar-refractivity contribution in [3.05, 3.63) is 146 Å². The molecule has 1 saturated heterocycles. The highest BCUT2D eigenvalue weighted by Crippen LogP contribution is 2.22. The largest absolute Gasteiger partial charge is 0.394 e. The molecule has 1 fully saturated rings. The summed E-state index contributed by atoms with van der Waals surface area (Å²) in [7, 11) is 0. The lowest BCUT2D eigenvalue weighted by atomic mass is 9.99. The second-order valence-electron chi connectivity index (χ2n) is 19.0. The summed E-state index contributed by atoms with van der Waals surface area (Å²) in [5.74, 6) is -0.202. The van der Waals surface area contributed by atoms with Crippen molar-refractivity contribution in [3.63, 3.8) is 0 Å². The van der Waals surface area contributed by atoms with E-state index in [1.165, 1.54) is 64.2 Å². The number of ether oxygens (including phenoxy) is 2. The van der Waals surface area contributed by atoms with Crippen LogP contribution in [0.2, 0.25) is 0 Å². The van der Waals surface area contributed by atoms with Crippen LogP contribution < -0.4 is 5.32 Å². The average molecular weight is 1010 g/mol. The topological polar surface area (TPSA) is 149 Å². The SMILES string of the molecule is C/C=C/CC/C=C/CC/C=C/C(O)C(COC1OC(CO)C(O)C(O)C1O)NC(=O)CCCCCCCCCCCCCCC/C=C\C/C=C\C/C=C\C/C=C\C/C=C\C/C=C\C/C=C\C/C=C\C/C=C\CC. The molecule has 0 aromatic carbocycles. The Balaban J connectivity index is 2.08. The Labute approximate surface area is 444 Å². The van der Waals surface area contributed by atoms with E-state index >= 15 is 0 Å². The number of aliphatic hydroxyl groups excluding tert-OH is 5. The Morgan fingerprint density at radius 2 is 0.877 bits per heavy atom. The standard InChI is InChI=1S/C64H103NO8/c1-3-5-7-9-11-13-14-15-16-17-18-19-20-21-22-23-24-25-26-27-28-29-30-31-32-33-34-35-36-37-38-39-40-41-42-43-44-46-48-50-52-54-60(68)65-57(58(67)53-51-49-47-45-12-10-8-6-4-2)56-72-64-63(71)62(70)61(69)59(55-66)73-64/h4-7,11-13,15-16,18-19,21-22,24-25,27-28,30-31,33-34,45,51,53,57-59,61-64,66-67,69-71H,3,8-10,14,17,20,23,26,29,32,35-44,46-50,52,54-56H2,1-2H3,(H,65,68)/b6-4+,7-5-,13-11-,16-15-,19-18-,22-21-,25-24-,28-27-,31-30-,34-33-,45-12+,53-51+. The minimum atomic E-state index is -1.58.